The molecular weight excluding hydrogens is 310 g/mol. The first-order valence-corrected chi connectivity index (χ1v) is 8.30. The van der Waals surface area contributed by atoms with E-state index in [4.69, 9.17) is 9.47 Å². The third kappa shape index (κ3) is 4.10. The Bertz CT molecular complexity index is 620. The van der Waals surface area contributed by atoms with E-state index in [2.05, 4.69) is 10.6 Å². The summed E-state index contributed by atoms with van der Waals surface area (Å²) in [7, 11) is 0. The normalized spacial score (nSPS) is 19.0. The van der Waals surface area contributed by atoms with Crippen LogP contribution in [-0.4, -0.2) is 49.3 Å². The topological polar surface area (TPSA) is 79.9 Å². The fourth-order valence-electron chi connectivity index (χ4n) is 3.09. The lowest BCUT2D eigenvalue weighted by Gasteiger charge is -2.33. The summed E-state index contributed by atoms with van der Waals surface area (Å²) in [4.78, 5) is 25.2. The minimum Gasteiger partial charge on any atom is -0.454 e. The summed E-state index contributed by atoms with van der Waals surface area (Å²) in [5, 5.41) is 5.83. The van der Waals surface area contributed by atoms with E-state index >= 15 is 0 Å². The van der Waals surface area contributed by atoms with Gasteiger partial charge in [0.2, 0.25) is 12.7 Å². The zero-order chi connectivity index (χ0) is 16.9. The van der Waals surface area contributed by atoms with E-state index < -0.39 is 0 Å². The number of rotatable bonds is 4. The van der Waals surface area contributed by atoms with Crippen molar-refractivity contribution in [1.82, 2.24) is 15.5 Å². The van der Waals surface area contributed by atoms with Gasteiger partial charge in [0.25, 0.3) is 0 Å². The van der Waals surface area contributed by atoms with E-state index in [-0.39, 0.29) is 24.8 Å². The van der Waals surface area contributed by atoms with Crippen LogP contribution in [0, 0.1) is 0 Å². The number of hydrogen-bond donors (Lipinski definition) is 2. The highest BCUT2D eigenvalue weighted by Crippen LogP contribution is 2.32. The quantitative estimate of drug-likeness (QED) is 0.869. The van der Waals surface area contributed by atoms with Gasteiger partial charge in [-0.3, -0.25) is 4.79 Å². The molecule has 24 heavy (non-hydrogen) atoms. The molecule has 0 unspecified atom stereocenters. The lowest BCUT2D eigenvalue weighted by molar-refractivity contribution is -0.119. The van der Waals surface area contributed by atoms with Crippen LogP contribution in [0.4, 0.5) is 4.79 Å². The summed E-state index contributed by atoms with van der Waals surface area (Å²) in [5.74, 6) is 1.47. The fraction of sp³-hybridized carbons (Fsp3) is 0.529. The predicted molar refractivity (Wildman–Crippen MR) is 88.1 cm³/mol. The first-order valence-electron chi connectivity index (χ1n) is 8.30. The summed E-state index contributed by atoms with van der Waals surface area (Å²) in [5.41, 5.74) is 1.09. The van der Waals surface area contributed by atoms with Crippen molar-refractivity contribution in [3.8, 4) is 11.5 Å². The lowest BCUT2D eigenvalue weighted by Crippen LogP contribution is -2.52. The molecule has 1 aromatic rings. The fourth-order valence-corrected chi connectivity index (χ4v) is 3.09. The number of nitrogens with zero attached hydrogens (tertiary/aromatic N) is 1. The molecule has 7 nitrogen and oxygen atoms in total. The van der Waals surface area contributed by atoms with Crippen molar-refractivity contribution in [2.75, 3.05) is 26.4 Å². The van der Waals surface area contributed by atoms with Crippen LogP contribution in [-0.2, 0) is 11.2 Å². The Labute approximate surface area is 141 Å². The molecule has 0 spiro atoms. The van der Waals surface area contributed by atoms with Crippen molar-refractivity contribution in [2.24, 2.45) is 0 Å². The molecule has 2 N–H and O–H groups in total. The van der Waals surface area contributed by atoms with Gasteiger partial charge in [-0.2, -0.15) is 0 Å². The summed E-state index contributed by atoms with van der Waals surface area (Å²) < 4.78 is 10.6. The van der Waals surface area contributed by atoms with Gasteiger partial charge in [-0.25, -0.2) is 4.79 Å². The molecule has 0 aromatic heterocycles. The van der Waals surface area contributed by atoms with Gasteiger partial charge in [-0.15, -0.1) is 0 Å². The van der Waals surface area contributed by atoms with Crippen molar-refractivity contribution in [1.29, 1.82) is 0 Å². The van der Waals surface area contributed by atoms with E-state index in [1.165, 1.54) is 6.92 Å². The molecule has 2 aliphatic rings. The molecule has 130 valence electrons. The predicted octanol–water partition coefficient (Wildman–Crippen LogP) is 1.27. The van der Waals surface area contributed by atoms with Gasteiger partial charge in [0.1, 0.15) is 0 Å². The van der Waals surface area contributed by atoms with Crippen molar-refractivity contribution >= 4 is 11.9 Å². The van der Waals surface area contributed by atoms with Crippen molar-refractivity contribution < 1.29 is 19.1 Å². The number of carbonyl (C=O) groups excluding carboxylic acids is 2. The van der Waals surface area contributed by atoms with E-state index in [1.807, 2.05) is 18.2 Å². The molecule has 1 aromatic carbocycles. The van der Waals surface area contributed by atoms with Gasteiger partial charge in [-0.05, 0) is 37.0 Å². The van der Waals surface area contributed by atoms with E-state index in [9.17, 15) is 9.59 Å². The maximum atomic E-state index is 12.3. The lowest BCUT2D eigenvalue weighted by atomic mass is 10.1. The Kier molecular flexibility index (Phi) is 5.08. The Balaban J connectivity index is 1.44. The van der Waals surface area contributed by atoms with Crippen LogP contribution >= 0.6 is 0 Å². The zero-order valence-electron chi connectivity index (χ0n) is 13.8. The number of fused-ring (bicyclic) bond motifs is 1. The van der Waals surface area contributed by atoms with Gasteiger partial charge < -0.3 is 25.0 Å². The number of amides is 3. The molecule has 0 aliphatic carbocycles. The second-order valence-electron chi connectivity index (χ2n) is 6.16. The highest BCUT2D eigenvalue weighted by molar-refractivity contribution is 5.75. The first kappa shape index (κ1) is 16.4. The van der Waals surface area contributed by atoms with E-state index in [0.29, 0.717) is 13.1 Å². The number of ether oxygens (including phenoxy) is 2. The molecule has 1 saturated heterocycles. The Morgan fingerprint density at radius 2 is 2.12 bits per heavy atom. The third-order valence-corrected chi connectivity index (χ3v) is 4.24. The van der Waals surface area contributed by atoms with Crippen molar-refractivity contribution in [3.63, 3.8) is 0 Å². The summed E-state index contributed by atoms with van der Waals surface area (Å²) in [6.07, 6.45) is 2.55. The molecule has 7 heteroatoms. The Morgan fingerprint density at radius 1 is 1.29 bits per heavy atom. The maximum Gasteiger partial charge on any atom is 0.317 e. The molecule has 2 aliphatic heterocycles. The number of likely N-dealkylation sites (tertiary alicyclic amines) is 1. The van der Waals surface area contributed by atoms with Crippen LogP contribution in [0.2, 0.25) is 0 Å². The minimum absolute atomic E-state index is 0.0509. The van der Waals surface area contributed by atoms with Crippen LogP contribution < -0.4 is 20.1 Å². The summed E-state index contributed by atoms with van der Waals surface area (Å²) >= 11 is 0. The first-order chi connectivity index (χ1) is 11.6. The SMILES string of the molecule is CC(=O)N[C@H]1CCCN(C(=O)NCCc2ccc3c(c2)OCO3)C1. The van der Waals surface area contributed by atoms with Crippen LogP contribution in [0.5, 0.6) is 11.5 Å². The highest BCUT2D eigenvalue weighted by Gasteiger charge is 2.23. The van der Waals surface area contributed by atoms with Gasteiger partial charge in [-0.1, -0.05) is 6.07 Å². The molecule has 1 atom stereocenters. The molecule has 0 saturated carbocycles. The third-order valence-electron chi connectivity index (χ3n) is 4.24. The van der Waals surface area contributed by atoms with Gasteiger partial charge in [0, 0.05) is 32.6 Å². The molecule has 3 rings (SSSR count). The number of benzene rings is 1. The van der Waals surface area contributed by atoms with Crippen molar-refractivity contribution in [3.05, 3.63) is 23.8 Å². The second-order valence-corrected chi connectivity index (χ2v) is 6.16. The number of carbonyl (C=O) groups is 2. The minimum atomic E-state index is -0.0780. The number of piperidine rings is 1. The average Bonchev–Trinajstić information content (AvgIpc) is 3.02. The largest absolute Gasteiger partial charge is 0.454 e. The Hall–Kier alpha value is -2.44. The van der Waals surface area contributed by atoms with Crippen LogP contribution in [0.3, 0.4) is 0 Å². The standard InChI is InChI=1S/C17H23N3O4/c1-12(21)19-14-3-2-8-20(10-14)17(22)18-7-6-13-4-5-15-16(9-13)24-11-23-15/h4-5,9,14H,2-3,6-8,10-11H2,1H3,(H,18,22)(H,19,21)/t14-/m0/s1. The zero-order valence-corrected chi connectivity index (χ0v) is 13.8. The number of hydrogen-bond acceptors (Lipinski definition) is 4. The molecular formula is C17H23N3O4. The molecule has 0 bridgehead atoms. The molecule has 1 fully saturated rings. The smallest absolute Gasteiger partial charge is 0.317 e. The van der Waals surface area contributed by atoms with Gasteiger partial charge in [0.15, 0.2) is 11.5 Å². The van der Waals surface area contributed by atoms with E-state index in [1.54, 1.807) is 4.90 Å². The number of urea groups is 1. The van der Waals surface area contributed by atoms with Crippen LogP contribution in [0.1, 0.15) is 25.3 Å². The molecule has 3 amide bonds. The van der Waals surface area contributed by atoms with Gasteiger partial charge in [0.05, 0.1) is 0 Å². The van der Waals surface area contributed by atoms with Crippen LogP contribution in [0.15, 0.2) is 18.2 Å². The maximum absolute atomic E-state index is 12.3. The van der Waals surface area contributed by atoms with E-state index in [0.717, 1.165) is 42.9 Å². The van der Waals surface area contributed by atoms with Crippen LogP contribution in [0.25, 0.3) is 0 Å². The highest BCUT2D eigenvalue weighted by atomic mass is 16.7. The average molecular weight is 333 g/mol. The molecule has 2 heterocycles. The van der Waals surface area contributed by atoms with Crippen molar-refractivity contribution in [2.45, 2.75) is 32.2 Å². The monoisotopic (exact) mass is 333 g/mol. The van der Waals surface area contributed by atoms with Gasteiger partial charge >= 0.3 is 6.03 Å². The number of nitrogens with one attached hydrogen (secondary N) is 2. The second kappa shape index (κ2) is 7.42. The summed E-state index contributed by atoms with van der Waals surface area (Å²) in [6, 6.07) is 5.79. The Morgan fingerprint density at radius 3 is 2.96 bits per heavy atom. The molecule has 0 radical (unpaired) electrons. The summed E-state index contributed by atoms with van der Waals surface area (Å²) in [6.45, 7) is 3.62.